The van der Waals surface area contributed by atoms with E-state index < -0.39 is 0 Å². The van der Waals surface area contributed by atoms with Crippen LogP contribution in [0, 0.1) is 5.92 Å². The number of thiazole rings is 1. The van der Waals surface area contributed by atoms with Crippen LogP contribution in [-0.2, 0) is 0 Å². The molecule has 8 heteroatoms. The van der Waals surface area contributed by atoms with Crippen LogP contribution in [0.3, 0.4) is 0 Å². The molecule has 0 N–H and O–H groups in total. The van der Waals surface area contributed by atoms with Crippen molar-refractivity contribution in [3.8, 4) is 10.4 Å². The van der Waals surface area contributed by atoms with Gasteiger partial charge in [-0.05, 0) is 78.4 Å². The van der Waals surface area contributed by atoms with Crippen LogP contribution in [0.15, 0.2) is 114 Å². The molecular weight excluding hydrogens is 650 g/mol. The van der Waals surface area contributed by atoms with Gasteiger partial charge in [0.05, 0.1) is 22.2 Å². The second-order valence-corrected chi connectivity index (χ2v) is 12.9. The lowest BCUT2D eigenvalue weighted by molar-refractivity contribution is 0.487. The van der Waals surface area contributed by atoms with Gasteiger partial charge in [-0.25, -0.2) is 14.8 Å². The predicted octanol–water partition coefficient (Wildman–Crippen LogP) is 9.24. The fourth-order valence-corrected chi connectivity index (χ4v) is 7.08. The third kappa shape index (κ3) is 4.78. The number of rotatable bonds is 4. The highest BCUT2D eigenvalue weighted by molar-refractivity contribution is 9.10. The van der Waals surface area contributed by atoms with Gasteiger partial charge in [-0.15, -0.1) is 0 Å². The number of fused-ring (bicyclic) bond motifs is 2. The minimum Gasteiger partial charge on any atom is -0.422 e. The topological polar surface area (TPSA) is 58.7 Å². The van der Waals surface area contributed by atoms with Gasteiger partial charge in [-0.2, -0.15) is 5.10 Å². The summed E-state index contributed by atoms with van der Waals surface area (Å²) in [6.45, 7) is 0. The molecule has 7 rings (SSSR count). The molecule has 1 saturated carbocycles. The number of anilines is 1. The van der Waals surface area contributed by atoms with Crippen LogP contribution in [0.25, 0.3) is 27.5 Å². The molecule has 3 heterocycles. The number of benzene rings is 3. The maximum absolute atomic E-state index is 12.9. The van der Waals surface area contributed by atoms with Crippen molar-refractivity contribution in [2.75, 3.05) is 5.01 Å². The van der Waals surface area contributed by atoms with Gasteiger partial charge in [-0.1, -0.05) is 85.7 Å². The molecular formula is C32H23Br2N3O2S. The van der Waals surface area contributed by atoms with E-state index in [4.69, 9.17) is 14.5 Å². The summed E-state index contributed by atoms with van der Waals surface area (Å²) in [5.74, 6) is 0.245. The summed E-state index contributed by atoms with van der Waals surface area (Å²) >= 11 is 8.60. The lowest BCUT2D eigenvalue weighted by Crippen LogP contribution is -2.28. The Morgan fingerprint density at radius 3 is 2.52 bits per heavy atom. The Labute approximate surface area is 252 Å². The molecule has 3 aromatic carbocycles. The molecule has 1 aliphatic carbocycles. The Bertz CT molecular complexity index is 1840. The molecule has 2 aliphatic rings. The van der Waals surface area contributed by atoms with Gasteiger partial charge in [0.25, 0.3) is 0 Å². The SMILES string of the molecule is O=c1oc2ccccc2cc1-c1cnc(N2N=C3/C(=C/c4ccc(Br)cc4)CCC[C@@H]3[C@@H]2c2ccc(Br)cc2)s1. The number of halogens is 2. The Hall–Kier alpha value is -3.33. The molecule has 0 bridgehead atoms. The Morgan fingerprint density at radius 1 is 0.975 bits per heavy atom. The monoisotopic (exact) mass is 671 g/mol. The summed E-state index contributed by atoms with van der Waals surface area (Å²) in [4.78, 5) is 18.4. The van der Waals surface area contributed by atoms with Crippen LogP contribution in [0.5, 0.6) is 0 Å². The van der Waals surface area contributed by atoms with Crippen LogP contribution < -0.4 is 10.6 Å². The van der Waals surface area contributed by atoms with E-state index in [1.807, 2.05) is 30.3 Å². The maximum Gasteiger partial charge on any atom is 0.345 e. The second kappa shape index (κ2) is 10.6. The van der Waals surface area contributed by atoms with Crippen molar-refractivity contribution in [3.63, 3.8) is 0 Å². The average molecular weight is 673 g/mol. The molecule has 1 aliphatic heterocycles. The van der Waals surface area contributed by atoms with E-state index in [1.54, 1.807) is 6.20 Å². The Balaban J connectivity index is 1.31. The molecule has 2 aromatic heterocycles. The fourth-order valence-electron chi connectivity index (χ4n) is 5.64. The zero-order valence-electron chi connectivity index (χ0n) is 21.3. The van der Waals surface area contributed by atoms with Crippen molar-refractivity contribution < 1.29 is 4.42 Å². The number of aromatic nitrogens is 1. The molecule has 5 nitrogen and oxygen atoms in total. The van der Waals surface area contributed by atoms with Crippen molar-refractivity contribution in [2.45, 2.75) is 25.3 Å². The third-order valence-electron chi connectivity index (χ3n) is 7.52. The van der Waals surface area contributed by atoms with Crippen molar-refractivity contribution >= 4 is 71.1 Å². The van der Waals surface area contributed by atoms with E-state index in [2.05, 4.69) is 91.5 Å². The van der Waals surface area contributed by atoms with Gasteiger partial charge < -0.3 is 4.42 Å². The highest BCUT2D eigenvalue weighted by atomic mass is 79.9. The summed E-state index contributed by atoms with van der Waals surface area (Å²) in [5.41, 5.74) is 5.50. The van der Waals surface area contributed by atoms with Crippen molar-refractivity contribution in [1.82, 2.24) is 4.98 Å². The largest absolute Gasteiger partial charge is 0.422 e. The number of nitrogens with zero attached hydrogens (tertiary/aromatic N) is 3. The first-order chi connectivity index (χ1) is 19.5. The van der Waals surface area contributed by atoms with Crippen LogP contribution in [0.4, 0.5) is 5.13 Å². The maximum atomic E-state index is 12.9. The quantitative estimate of drug-likeness (QED) is 0.179. The summed E-state index contributed by atoms with van der Waals surface area (Å²) in [5, 5.41) is 8.96. The van der Waals surface area contributed by atoms with E-state index in [1.165, 1.54) is 28.0 Å². The van der Waals surface area contributed by atoms with Gasteiger partial charge in [0.15, 0.2) is 0 Å². The van der Waals surface area contributed by atoms with E-state index >= 15 is 0 Å². The molecule has 40 heavy (non-hydrogen) atoms. The fraction of sp³-hybridized carbons (Fsp3) is 0.156. The van der Waals surface area contributed by atoms with E-state index in [0.29, 0.717) is 11.1 Å². The normalized spacial score (nSPS) is 19.7. The van der Waals surface area contributed by atoms with Gasteiger partial charge in [-0.3, -0.25) is 0 Å². The average Bonchev–Trinajstić information content (AvgIpc) is 3.60. The molecule has 0 spiro atoms. The summed E-state index contributed by atoms with van der Waals surface area (Å²) in [6.07, 6.45) is 7.19. The van der Waals surface area contributed by atoms with Gasteiger partial charge >= 0.3 is 5.63 Å². The van der Waals surface area contributed by atoms with E-state index in [-0.39, 0.29) is 17.6 Å². The third-order valence-corrected chi connectivity index (χ3v) is 9.60. The molecule has 0 amide bonds. The molecule has 198 valence electrons. The molecule has 5 aromatic rings. The van der Waals surface area contributed by atoms with Gasteiger partial charge in [0.2, 0.25) is 5.13 Å². The molecule has 1 fully saturated rings. The molecule has 0 saturated heterocycles. The zero-order chi connectivity index (χ0) is 27.2. The highest BCUT2D eigenvalue weighted by Gasteiger charge is 2.43. The van der Waals surface area contributed by atoms with Crippen LogP contribution in [0.1, 0.15) is 36.4 Å². The van der Waals surface area contributed by atoms with E-state index in [9.17, 15) is 4.79 Å². The first-order valence-corrected chi connectivity index (χ1v) is 15.5. The van der Waals surface area contributed by atoms with Crippen molar-refractivity contribution in [1.29, 1.82) is 0 Å². The van der Waals surface area contributed by atoms with Crippen LogP contribution >= 0.6 is 43.2 Å². The molecule has 0 unspecified atom stereocenters. The Kier molecular flexibility index (Phi) is 6.78. The highest BCUT2D eigenvalue weighted by Crippen LogP contribution is 2.47. The summed E-state index contributed by atoms with van der Waals surface area (Å²) in [6, 6.07) is 26.4. The lowest BCUT2D eigenvalue weighted by atomic mass is 9.77. The van der Waals surface area contributed by atoms with Gasteiger partial charge in [0, 0.05) is 26.4 Å². The Morgan fingerprint density at radius 2 is 1.73 bits per heavy atom. The van der Waals surface area contributed by atoms with Crippen molar-refractivity contribution in [3.05, 3.63) is 121 Å². The first-order valence-electron chi connectivity index (χ1n) is 13.1. The second-order valence-electron chi connectivity index (χ2n) is 10.0. The van der Waals surface area contributed by atoms with E-state index in [0.717, 1.165) is 49.3 Å². The minimum atomic E-state index is -0.362. The molecule has 2 atom stereocenters. The summed E-state index contributed by atoms with van der Waals surface area (Å²) in [7, 11) is 0. The first kappa shape index (κ1) is 25.6. The number of allylic oxidation sites excluding steroid dienone is 1. The minimum absolute atomic E-state index is 0.0173. The van der Waals surface area contributed by atoms with Gasteiger partial charge in [0.1, 0.15) is 5.58 Å². The smallest absolute Gasteiger partial charge is 0.345 e. The predicted molar refractivity (Wildman–Crippen MR) is 170 cm³/mol. The van der Waals surface area contributed by atoms with Crippen molar-refractivity contribution in [2.24, 2.45) is 11.0 Å². The summed E-state index contributed by atoms with van der Waals surface area (Å²) < 4.78 is 7.71. The van der Waals surface area contributed by atoms with Crippen LogP contribution in [0.2, 0.25) is 0 Å². The van der Waals surface area contributed by atoms with Crippen LogP contribution in [-0.4, -0.2) is 10.7 Å². The number of hydrogen-bond acceptors (Lipinski definition) is 6. The lowest BCUT2D eigenvalue weighted by Gasteiger charge is -2.29. The number of para-hydroxylation sites is 1. The number of hydrazone groups is 1. The number of hydrogen-bond donors (Lipinski definition) is 0. The molecule has 0 radical (unpaired) electrons. The zero-order valence-corrected chi connectivity index (χ0v) is 25.2. The standard InChI is InChI=1S/C32H23Br2N3O2S/c33-23-12-8-19(9-13-23)16-22-5-3-6-25-29(22)36-37(30(25)20-10-14-24(34)15-11-20)32-35-18-28(40-32)26-17-21-4-1-2-7-27(21)39-31(26)38/h1-2,4,7-18,25,30H,3,5-6H2/b22-16+/t25-,30-/m0/s1.